The molecule has 3 aromatic carbocycles. The second-order valence-corrected chi connectivity index (χ2v) is 9.68. The molecule has 1 aromatic heterocycles. The molecule has 1 amide bonds. The number of nitrogens with one attached hydrogen (secondary N) is 1. The summed E-state index contributed by atoms with van der Waals surface area (Å²) in [6, 6.07) is 24.4. The highest BCUT2D eigenvalue weighted by molar-refractivity contribution is 5.94. The molecule has 0 saturated carbocycles. The lowest BCUT2D eigenvalue weighted by molar-refractivity contribution is 0.0953. The number of fused-ring (bicyclic) bond motifs is 1. The molecule has 0 spiro atoms. The Labute approximate surface area is 214 Å². The minimum atomic E-state index is -0.0222. The van der Waals surface area contributed by atoms with Gasteiger partial charge in [-0.05, 0) is 74.1 Å². The van der Waals surface area contributed by atoms with E-state index >= 15 is 0 Å². The first-order valence-corrected chi connectivity index (χ1v) is 13.0. The molecule has 0 aliphatic rings. The highest BCUT2D eigenvalue weighted by Gasteiger charge is 2.11. The summed E-state index contributed by atoms with van der Waals surface area (Å²) in [6.45, 7) is 8.63. The van der Waals surface area contributed by atoms with Gasteiger partial charge < -0.3 is 14.6 Å². The molecule has 0 radical (unpaired) electrons. The van der Waals surface area contributed by atoms with Gasteiger partial charge in [-0.25, -0.2) is 4.98 Å². The predicted octanol–water partition coefficient (Wildman–Crippen LogP) is 6.69. The number of amides is 1. The highest BCUT2D eigenvalue weighted by atomic mass is 16.5. The van der Waals surface area contributed by atoms with Crippen molar-refractivity contribution in [2.45, 2.75) is 58.9 Å². The molecule has 0 aliphatic carbocycles. The minimum absolute atomic E-state index is 0.0222. The molecular formula is C31H37N3O2. The number of carbonyl (C=O) groups excluding carboxylic acids is 1. The first-order chi connectivity index (χ1) is 17.5. The highest BCUT2D eigenvalue weighted by Crippen LogP contribution is 2.20. The number of benzene rings is 3. The van der Waals surface area contributed by atoms with Crippen LogP contribution in [0.5, 0.6) is 5.75 Å². The summed E-state index contributed by atoms with van der Waals surface area (Å²) in [5.74, 6) is 2.51. The summed E-state index contributed by atoms with van der Waals surface area (Å²) in [7, 11) is 0. The zero-order valence-electron chi connectivity index (χ0n) is 21.7. The smallest absolute Gasteiger partial charge is 0.251 e. The molecular weight excluding hydrogens is 446 g/mol. The average molecular weight is 484 g/mol. The number of ether oxygens (including phenoxy) is 1. The van der Waals surface area contributed by atoms with Crippen molar-refractivity contribution in [3.8, 4) is 5.75 Å². The number of hydrogen-bond acceptors (Lipinski definition) is 3. The largest absolute Gasteiger partial charge is 0.494 e. The standard InChI is InChI=1S/C31H37N3O2/c1-23(2)25-15-17-27(18-16-25)36-21-7-6-20-34-29-13-5-4-12-28(29)33-30(34)14-9-19-32-31(35)26-11-8-10-24(3)22-26/h4-5,8,10-13,15-18,22-23H,6-7,9,14,19-21H2,1-3H3,(H,32,35). The zero-order valence-corrected chi connectivity index (χ0v) is 21.7. The molecule has 36 heavy (non-hydrogen) atoms. The topological polar surface area (TPSA) is 56.2 Å². The van der Waals surface area contributed by atoms with Crippen molar-refractivity contribution in [3.05, 3.63) is 95.3 Å². The zero-order chi connectivity index (χ0) is 25.3. The van der Waals surface area contributed by atoms with Gasteiger partial charge in [0.05, 0.1) is 17.6 Å². The van der Waals surface area contributed by atoms with Crippen LogP contribution in [0.1, 0.15) is 66.3 Å². The van der Waals surface area contributed by atoms with Crippen molar-refractivity contribution in [2.24, 2.45) is 0 Å². The Hall–Kier alpha value is -3.60. The minimum Gasteiger partial charge on any atom is -0.494 e. The summed E-state index contributed by atoms with van der Waals surface area (Å²) in [6.07, 6.45) is 3.66. The molecule has 4 rings (SSSR count). The second-order valence-electron chi connectivity index (χ2n) is 9.68. The fourth-order valence-corrected chi connectivity index (χ4v) is 4.41. The van der Waals surface area contributed by atoms with Crippen molar-refractivity contribution >= 4 is 16.9 Å². The molecule has 1 heterocycles. The number of rotatable bonds is 12. The van der Waals surface area contributed by atoms with E-state index in [1.807, 2.05) is 37.3 Å². The Morgan fingerprint density at radius 2 is 1.78 bits per heavy atom. The SMILES string of the molecule is Cc1cccc(C(=O)NCCCc2nc3ccccc3n2CCCCOc2ccc(C(C)C)cc2)c1. The van der Waals surface area contributed by atoms with Crippen molar-refractivity contribution in [1.82, 2.24) is 14.9 Å². The number of hydrogen-bond donors (Lipinski definition) is 1. The Kier molecular flexibility index (Phi) is 8.77. The number of carbonyl (C=O) groups is 1. The fraction of sp³-hybridized carbons (Fsp3) is 0.355. The van der Waals surface area contributed by atoms with Gasteiger partial charge in [-0.3, -0.25) is 4.79 Å². The normalized spacial score (nSPS) is 11.2. The van der Waals surface area contributed by atoms with E-state index in [2.05, 4.69) is 66.2 Å². The van der Waals surface area contributed by atoms with Gasteiger partial charge in [0.25, 0.3) is 5.91 Å². The van der Waals surface area contributed by atoms with Gasteiger partial charge in [-0.1, -0.05) is 55.8 Å². The molecule has 0 aliphatic heterocycles. The van der Waals surface area contributed by atoms with Gasteiger partial charge in [-0.15, -0.1) is 0 Å². The maximum Gasteiger partial charge on any atom is 0.251 e. The molecule has 0 unspecified atom stereocenters. The predicted molar refractivity (Wildman–Crippen MR) is 147 cm³/mol. The van der Waals surface area contributed by atoms with E-state index in [1.165, 1.54) is 11.1 Å². The Morgan fingerprint density at radius 3 is 2.56 bits per heavy atom. The van der Waals surface area contributed by atoms with E-state index in [0.29, 0.717) is 24.6 Å². The molecule has 0 saturated heterocycles. The van der Waals surface area contributed by atoms with Crippen LogP contribution < -0.4 is 10.1 Å². The summed E-state index contributed by atoms with van der Waals surface area (Å²) in [5.41, 5.74) is 5.32. The second kappa shape index (κ2) is 12.4. The van der Waals surface area contributed by atoms with Crippen LogP contribution in [0.2, 0.25) is 0 Å². The van der Waals surface area contributed by atoms with Crippen molar-refractivity contribution in [3.63, 3.8) is 0 Å². The maximum atomic E-state index is 12.4. The number of para-hydroxylation sites is 2. The maximum absolute atomic E-state index is 12.4. The van der Waals surface area contributed by atoms with Gasteiger partial charge >= 0.3 is 0 Å². The van der Waals surface area contributed by atoms with E-state index in [1.54, 1.807) is 0 Å². The lowest BCUT2D eigenvalue weighted by atomic mass is 10.0. The first kappa shape index (κ1) is 25.5. The molecule has 0 atom stereocenters. The van der Waals surface area contributed by atoms with Crippen molar-refractivity contribution < 1.29 is 9.53 Å². The number of aromatic nitrogens is 2. The fourth-order valence-electron chi connectivity index (χ4n) is 4.41. The molecule has 5 nitrogen and oxygen atoms in total. The summed E-state index contributed by atoms with van der Waals surface area (Å²) in [5, 5.41) is 3.04. The molecule has 0 fully saturated rings. The monoisotopic (exact) mass is 483 g/mol. The lowest BCUT2D eigenvalue weighted by Gasteiger charge is -2.11. The average Bonchev–Trinajstić information content (AvgIpc) is 3.24. The van der Waals surface area contributed by atoms with Crippen LogP contribution in [0.15, 0.2) is 72.8 Å². The number of aryl methyl sites for hydroxylation is 3. The van der Waals surface area contributed by atoms with Crippen LogP contribution >= 0.6 is 0 Å². The van der Waals surface area contributed by atoms with Crippen molar-refractivity contribution in [1.29, 1.82) is 0 Å². The van der Waals surface area contributed by atoms with Crippen LogP contribution in [-0.4, -0.2) is 28.6 Å². The van der Waals surface area contributed by atoms with Gasteiger partial charge in [0, 0.05) is 25.1 Å². The van der Waals surface area contributed by atoms with E-state index in [0.717, 1.165) is 54.9 Å². The third-order valence-electron chi connectivity index (χ3n) is 6.47. The summed E-state index contributed by atoms with van der Waals surface area (Å²) in [4.78, 5) is 17.3. The summed E-state index contributed by atoms with van der Waals surface area (Å²) < 4.78 is 8.29. The lowest BCUT2D eigenvalue weighted by Crippen LogP contribution is -2.25. The third kappa shape index (κ3) is 6.75. The Bertz CT molecular complexity index is 1270. The molecule has 188 valence electrons. The van der Waals surface area contributed by atoms with E-state index < -0.39 is 0 Å². The van der Waals surface area contributed by atoms with Gasteiger partial charge in [0.1, 0.15) is 11.6 Å². The van der Waals surface area contributed by atoms with Crippen LogP contribution in [0.4, 0.5) is 0 Å². The third-order valence-corrected chi connectivity index (χ3v) is 6.47. The Balaban J connectivity index is 1.27. The van der Waals surface area contributed by atoms with Gasteiger partial charge in [0.2, 0.25) is 0 Å². The van der Waals surface area contributed by atoms with Crippen molar-refractivity contribution in [2.75, 3.05) is 13.2 Å². The van der Waals surface area contributed by atoms with E-state index in [9.17, 15) is 4.79 Å². The van der Waals surface area contributed by atoms with E-state index in [4.69, 9.17) is 9.72 Å². The first-order valence-electron chi connectivity index (χ1n) is 13.0. The van der Waals surface area contributed by atoms with Crippen LogP contribution in [0, 0.1) is 6.92 Å². The number of imidazole rings is 1. The quantitative estimate of drug-likeness (QED) is 0.228. The van der Waals surface area contributed by atoms with Crippen LogP contribution in [0.3, 0.4) is 0 Å². The van der Waals surface area contributed by atoms with Crippen LogP contribution in [-0.2, 0) is 13.0 Å². The van der Waals surface area contributed by atoms with Crippen LogP contribution in [0.25, 0.3) is 11.0 Å². The Morgan fingerprint density at radius 1 is 0.972 bits per heavy atom. The number of nitrogens with zero attached hydrogens (tertiary/aromatic N) is 2. The molecule has 4 aromatic rings. The number of unbranched alkanes of at least 4 members (excludes halogenated alkanes) is 1. The molecule has 1 N–H and O–H groups in total. The van der Waals surface area contributed by atoms with E-state index in [-0.39, 0.29) is 5.91 Å². The molecule has 5 heteroatoms. The molecule has 0 bridgehead atoms. The van der Waals surface area contributed by atoms with Gasteiger partial charge in [0.15, 0.2) is 0 Å². The van der Waals surface area contributed by atoms with Gasteiger partial charge in [-0.2, -0.15) is 0 Å². The summed E-state index contributed by atoms with van der Waals surface area (Å²) >= 11 is 0.